The Hall–Kier alpha value is -1.53. The molecule has 0 atom stereocenters. The number of hydrogen-bond acceptors (Lipinski definition) is 3. The summed E-state index contributed by atoms with van der Waals surface area (Å²) in [5.41, 5.74) is 1.80. The molecule has 1 aliphatic heterocycles. The first-order chi connectivity index (χ1) is 13.5. The number of piperidine rings is 1. The number of thiocarbonyl (C=S) groups is 1. The van der Waals surface area contributed by atoms with E-state index < -0.39 is 0 Å². The van der Waals surface area contributed by atoms with E-state index in [1.165, 1.54) is 0 Å². The van der Waals surface area contributed by atoms with Crippen molar-refractivity contribution in [2.75, 3.05) is 32.6 Å². The van der Waals surface area contributed by atoms with Crippen LogP contribution in [-0.4, -0.2) is 48.2 Å². The molecule has 2 aromatic carbocycles. The molecule has 0 amide bonds. The molecular weight excluding hydrogens is 413 g/mol. The number of benzene rings is 2. The van der Waals surface area contributed by atoms with Crippen molar-refractivity contribution in [3.8, 4) is 5.75 Å². The molecule has 1 heterocycles. The van der Waals surface area contributed by atoms with Crippen LogP contribution in [0.3, 0.4) is 0 Å². The van der Waals surface area contributed by atoms with Crippen molar-refractivity contribution in [1.82, 2.24) is 9.80 Å². The van der Waals surface area contributed by atoms with Crippen molar-refractivity contribution in [1.29, 1.82) is 0 Å². The third kappa shape index (κ3) is 5.29. The molecule has 0 aliphatic carbocycles. The fourth-order valence-corrected chi connectivity index (χ4v) is 4.08. The number of nitrogens with one attached hydrogen (secondary N) is 1. The zero-order chi connectivity index (χ0) is 20.1. The summed E-state index contributed by atoms with van der Waals surface area (Å²) in [5, 5.41) is 5.32. The predicted molar refractivity (Wildman–Crippen MR) is 122 cm³/mol. The van der Waals surface area contributed by atoms with Gasteiger partial charge in [0.15, 0.2) is 5.11 Å². The van der Waals surface area contributed by atoms with Crippen LogP contribution in [0.15, 0.2) is 42.5 Å². The van der Waals surface area contributed by atoms with Gasteiger partial charge in [0, 0.05) is 23.7 Å². The highest BCUT2D eigenvalue weighted by atomic mass is 35.5. The molecule has 1 fully saturated rings. The minimum atomic E-state index is 0.344. The summed E-state index contributed by atoms with van der Waals surface area (Å²) in [7, 11) is 3.79. The molecule has 0 spiro atoms. The molecule has 4 nitrogen and oxygen atoms in total. The number of ether oxygens (including phenoxy) is 1. The Morgan fingerprint density at radius 2 is 1.89 bits per heavy atom. The van der Waals surface area contributed by atoms with Gasteiger partial charge < -0.3 is 19.9 Å². The molecule has 0 bridgehead atoms. The van der Waals surface area contributed by atoms with Crippen LogP contribution in [0.5, 0.6) is 5.75 Å². The van der Waals surface area contributed by atoms with E-state index in [4.69, 9.17) is 40.2 Å². The molecule has 7 heteroatoms. The number of anilines is 1. The van der Waals surface area contributed by atoms with E-state index in [1.54, 1.807) is 13.2 Å². The first-order valence-electron chi connectivity index (χ1n) is 9.31. The van der Waals surface area contributed by atoms with Gasteiger partial charge in [-0.3, -0.25) is 0 Å². The molecule has 0 unspecified atom stereocenters. The Labute approximate surface area is 182 Å². The lowest BCUT2D eigenvalue weighted by molar-refractivity contribution is 0.173. The molecule has 1 aliphatic rings. The maximum atomic E-state index is 6.42. The summed E-state index contributed by atoms with van der Waals surface area (Å²) in [6, 6.07) is 13.7. The second-order valence-electron chi connectivity index (χ2n) is 7.03. The normalized spacial score (nSPS) is 15.3. The SMILES string of the molecule is COc1ccc(Cl)c(NC(=S)N(Cc2ccccc2Cl)C2CCN(C)CC2)c1. The summed E-state index contributed by atoms with van der Waals surface area (Å²) in [6.07, 6.45) is 2.10. The molecule has 28 heavy (non-hydrogen) atoms. The van der Waals surface area contributed by atoms with Gasteiger partial charge in [-0.25, -0.2) is 0 Å². The lowest BCUT2D eigenvalue weighted by Crippen LogP contribution is -2.47. The Bertz CT molecular complexity index is 825. The summed E-state index contributed by atoms with van der Waals surface area (Å²) >= 11 is 18.6. The van der Waals surface area contributed by atoms with Crippen LogP contribution >= 0.6 is 35.4 Å². The van der Waals surface area contributed by atoms with Gasteiger partial charge in [0.05, 0.1) is 17.8 Å². The second kappa shape index (κ2) is 9.79. The maximum Gasteiger partial charge on any atom is 0.174 e. The Balaban J connectivity index is 1.83. The molecule has 2 aromatic rings. The van der Waals surface area contributed by atoms with E-state index in [9.17, 15) is 0 Å². The molecular formula is C21H25Cl2N3OS. The standard InChI is InChI=1S/C21H25Cl2N3OS/c1-25-11-9-16(10-12-25)26(14-15-5-3-4-6-18(15)22)21(28)24-20-13-17(27-2)7-8-19(20)23/h3-8,13,16H,9-12,14H2,1-2H3,(H,24,28). The molecule has 0 saturated carbocycles. The maximum absolute atomic E-state index is 6.42. The number of methoxy groups -OCH3 is 1. The van der Waals surface area contributed by atoms with Crippen LogP contribution in [0.25, 0.3) is 0 Å². The van der Waals surface area contributed by atoms with E-state index in [-0.39, 0.29) is 0 Å². The van der Waals surface area contributed by atoms with Crippen LogP contribution in [0.1, 0.15) is 18.4 Å². The van der Waals surface area contributed by atoms with Crippen molar-refractivity contribution in [3.05, 3.63) is 58.1 Å². The molecule has 1 saturated heterocycles. The van der Waals surface area contributed by atoms with Crippen molar-refractivity contribution in [3.63, 3.8) is 0 Å². The first kappa shape index (κ1) is 21.2. The van der Waals surface area contributed by atoms with Crippen LogP contribution < -0.4 is 10.1 Å². The van der Waals surface area contributed by atoms with E-state index in [2.05, 4.69) is 22.2 Å². The summed E-state index contributed by atoms with van der Waals surface area (Å²) in [6.45, 7) is 2.75. The second-order valence-corrected chi connectivity index (χ2v) is 8.23. The number of halogens is 2. The topological polar surface area (TPSA) is 27.7 Å². The Morgan fingerprint density at radius 1 is 1.18 bits per heavy atom. The third-order valence-electron chi connectivity index (χ3n) is 5.10. The van der Waals surface area contributed by atoms with Gasteiger partial charge in [-0.15, -0.1) is 0 Å². The van der Waals surface area contributed by atoms with Gasteiger partial charge in [-0.05, 0) is 69.0 Å². The number of hydrogen-bond donors (Lipinski definition) is 1. The highest BCUT2D eigenvalue weighted by molar-refractivity contribution is 7.80. The quantitative estimate of drug-likeness (QED) is 0.640. The average molecular weight is 438 g/mol. The highest BCUT2D eigenvalue weighted by Gasteiger charge is 2.26. The van der Waals surface area contributed by atoms with Crippen LogP contribution in [-0.2, 0) is 6.54 Å². The lowest BCUT2D eigenvalue weighted by Gasteiger charge is -2.39. The van der Waals surface area contributed by atoms with Gasteiger partial charge in [0.1, 0.15) is 5.75 Å². The van der Waals surface area contributed by atoms with E-state index >= 15 is 0 Å². The highest BCUT2D eigenvalue weighted by Crippen LogP contribution is 2.29. The average Bonchev–Trinajstić information content (AvgIpc) is 2.70. The Kier molecular flexibility index (Phi) is 7.41. The zero-order valence-corrected chi connectivity index (χ0v) is 18.4. The van der Waals surface area contributed by atoms with Gasteiger partial charge in [-0.2, -0.15) is 0 Å². The van der Waals surface area contributed by atoms with Crippen LogP contribution in [0, 0.1) is 0 Å². The number of nitrogens with zero attached hydrogens (tertiary/aromatic N) is 2. The first-order valence-corrected chi connectivity index (χ1v) is 10.5. The lowest BCUT2D eigenvalue weighted by atomic mass is 10.0. The van der Waals surface area contributed by atoms with Crippen LogP contribution in [0.2, 0.25) is 10.0 Å². The zero-order valence-electron chi connectivity index (χ0n) is 16.1. The summed E-state index contributed by atoms with van der Waals surface area (Å²) < 4.78 is 5.31. The van der Waals surface area contributed by atoms with Crippen molar-refractivity contribution < 1.29 is 4.74 Å². The van der Waals surface area contributed by atoms with Crippen molar-refractivity contribution in [2.45, 2.75) is 25.4 Å². The number of likely N-dealkylation sites (tertiary alicyclic amines) is 1. The van der Waals surface area contributed by atoms with E-state index in [1.807, 2.05) is 36.4 Å². The van der Waals surface area contributed by atoms with Crippen molar-refractivity contribution >= 4 is 46.2 Å². The predicted octanol–water partition coefficient (Wildman–Crippen LogP) is 5.30. The van der Waals surface area contributed by atoms with Gasteiger partial charge in [0.25, 0.3) is 0 Å². The minimum absolute atomic E-state index is 0.344. The smallest absolute Gasteiger partial charge is 0.174 e. The molecule has 0 aromatic heterocycles. The summed E-state index contributed by atoms with van der Waals surface area (Å²) in [4.78, 5) is 4.58. The molecule has 150 valence electrons. The fraction of sp³-hybridized carbons (Fsp3) is 0.381. The van der Waals surface area contributed by atoms with Crippen LogP contribution in [0.4, 0.5) is 5.69 Å². The third-order valence-corrected chi connectivity index (χ3v) is 6.14. The molecule has 1 N–H and O–H groups in total. The molecule has 3 rings (SSSR count). The van der Waals surface area contributed by atoms with Gasteiger partial charge >= 0.3 is 0 Å². The largest absolute Gasteiger partial charge is 0.497 e. The Morgan fingerprint density at radius 3 is 2.57 bits per heavy atom. The monoisotopic (exact) mass is 437 g/mol. The minimum Gasteiger partial charge on any atom is -0.497 e. The number of rotatable bonds is 5. The van der Waals surface area contributed by atoms with E-state index in [0.717, 1.165) is 48.0 Å². The van der Waals surface area contributed by atoms with Crippen molar-refractivity contribution in [2.24, 2.45) is 0 Å². The molecule has 0 radical (unpaired) electrons. The summed E-state index contributed by atoms with van der Waals surface area (Å²) in [5.74, 6) is 0.728. The fourth-order valence-electron chi connectivity index (χ4n) is 3.40. The van der Waals surface area contributed by atoms with Gasteiger partial charge in [0.2, 0.25) is 0 Å². The van der Waals surface area contributed by atoms with E-state index in [0.29, 0.717) is 22.7 Å². The van der Waals surface area contributed by atoms with Gasteiger partial charge in [-0.1, -0.05) is 41.4 Å².